The molecular weight excluding hydrogens is 936 g/mol. The maximum atomic E-state index is 13.0. The number of rotatable bonds is 61. The number of amides is 1. The molecule has 8 nitrogen and oxygen atoms in total. The highest BCUT2D eigenvalue weighted by Crippen LogP contribution is 2.43. The van der Waals surface area contributed by atoms with Crippen LogP contribution in [0.1, 0.15) is 335 Å². The van der Waals surface area contributed by atoms with Crippen molar-refractivity contribution in [3.8, 4) is 0 Å². The minimum atomic E-state index is -4.32. The molecule has 9 heteroatoms. The van der Waals surface area contributed by atoms with Crippen molar-refractivity contribution < 1.29 is 32.9 Å². The van der Waals surface area contributed by atoms with Gasteiger partial charge in [-0.3, -0.25) is 13.8 Å². The number of hydrogen-bond acceptors (Lipinski definition) is 5. The van der Waals surface area contributed by atoms with Gasteiger partial charge in [-0.1, -0.05) is 308 Å². The van der Waals surface area contributed by atoms with Gasteiger partial charge in [0, 0.05) is 6.42 Å². The molecule has 0 saturated carbocycles. The van der Waals surface area contributed by atoms with Gasteiger partial charge in [0.25, 0.3) is 0 Å². The summed E-state index contributed by atoms with van der Waals surface area (Å²) in [5.74, 6) is -0.138. The lowest BCUT2D eigenvalue weighted by Gasteiger charge is -2.26. The molecule has 3 N–H and O–H groups in total. The fraction of sp³-hybridized carbons (Fsp3) is 0.923. The number of carbonyl (C=O) groups is 1. The lowest BCUT2D eigenvalue weighted by Crippen LogP contribution is -2.46. The molecule has 0 heterocycles. The predicted molar refractivity (Wildman–Crippen MR) is 323 cm³/mol. The number of hydrogen-bond donors (Lipinski definition) is 3. The van der Waals surface area contributed by atoms with E-state index in [0.717, 1.165) is 44.9 Å². The van der Waals surface area contributed by atoms with Crippen LogP contribution in [-0.4, -0.2) is 73.4 Å². The Morgan fingerprint density at radius 3 is 1.11 bits per heavy atom. The van der Waals surface area contributed by atoms with Crippen molar-refractivity contribution in [1.29, 1.82) is 0 Å². The standard InChI is InChI=1S/C65H129N2O6P/c1-6-8-10-12-14-16-18-20-22-24-26-28-29-30-31-32-33-34-35-36-37-39-41-43-45-47-49-51-53-55-57-59-65(69)66-63(62-73-74(70,71)72-61-60-67(3,4)5)64(68)58-56-54-52-50-48-46-44-42-40-38-27-25-23-21-19-17-15-13-11-9-7-2/h26,28,30-31,63-64,68H,6-25,27,29,32-62H2,1-5H3,(H-,66,69,70,71)/p+1/b28-26-,31-30-. The number of nitrogens with zero attached hydrogens (tertiary/aromatic N) is 1. The SMILES string of the molecule is CCCCCCCCCCC/C=C\C/C=C\CCCCCCCCCCCCCCCCCC(=O)NC(COP(=O)(O)OCC[N+](C)(C)C)C(O)CCCCCCCCCCCCCCCCCCCCCCC. The fourth-order valence-electron chi connectivity index (χ4n) is 10.1. The molecule has 74 heavy (non-hydrogen) atoms. The molecule has 0 spiro atoms. The van der Waals surface area contributed by atoms with E-state index in [1.54, 1.807) is 0 Å². The molecule has 0 radical (unpaired) electrons. The fourth-order valence-corrected chi connectivity index (χ4v) is 10.8. The van der Waals surface area contributed by atoms with Gasteiger partial charge in [-0.05, 0) is 44.9 Å². The number of carbonyl (C=O) groups excluding carboxylic acids is 1. The van der Waals surface area contributed by atoms with Crippen molar-refractivity contribution >= 4 is 13.7 Å². The average molecular weight is 1070 g/mol. The summed E-state index contributed by atoms with van der Waals surface area (Å²) in [6.07, 6.45) is 72.6. The van der Waals surface area contributed by atoms with Gasteiger partial charge < -0.3 is 19.8 Å². The van der Waals surface area contributed by atoms with Gasteiger partial charge in [0.15, 0.2) is 0 Å². The van der Waals surface area contributed by atoms with Gasteiger partial charge in [-0.15, -0.1) is 0 Å². The van der Waals surface area contributed by atoms with Crippen molar-refractivity contribution in [2.45, 2.75) is 347 Å². The summed E-state index contributed by atoms with van der Waals surface area (Å²) in [5, 5.41) is 14.1. The molecule has 0 fully saturated rings. The summed E-state index contributed by atoms with van der Waals surface area (Å²) in [6.45, 7) is 4.94. The first-order chi connectivity index (χ1) is 36.0. The maximum absolute atomic E-state index is 13.0. The van der Waals surface area contributed by atoms with Crippen molar-refractivity contribution in [3.05, 3.63) is 24.3 Å². The molecule has 0 aromatic carbocycles. The summed E-state index contributed by atoms with van der Waals surface area (Å²) < 4.78 is 23.9. The van der Waals surface area contributed by atoms with Crippen LogP contribution in [0.25, 0.3) is 0 Å². The number of nitrogens with one attached hydrogen (secondary N) is 1. The van der Waals surface area contributed by atoms with E-state index in [9.17, 15) is 19.4 Å². The average Bonchev–Trinajstić information content (AvgIpc) is 3.36. The molecular formula is C65H130N2O6P+. The number of aliphatic hydroxyl groups is 1. The third kappa shape index (κ3) is 58.7. The zero-order valence-electron chi connectivity index (χ0n) is 50.4. The second-order valence-electron chi connectivity index (χ2n) is 23.9. The quantitative estimate of drug-likeness (QED) is 0.0243. The van der Waals surface area contributed by atoms with Crippen LogP contribution in [0, 0.1) is 0 Å². The maximum Gasteiger partial charge on any atom is 0.472 e. The Balaban J connectivity index is 4.04. The molecule has 0 aliphatic heterocycles. The Kier molecular flexibility index (Phi) is 55.9. The van der Waals surface area contributed by atoms with Crippen molar-refractivity contribution in [2.24, 2.45) is 0 Å². The third-order valence-corrected chi connectivity index (χ3v) is 16.2. The number of allylic oxidation sites excluding steroid dienone is 4. The summed E-state index contributed by atoms with van der Waals surface area (Å²) in [6, 6.07) is -0.760. The van der Waals surface area contributed by atoms with E-state index in [1.165, 1.54) is 263 Å². The highest BCUT2D eigenvalue weighted by Gasteiger charge is 2.28. The van der Waals surface area contributed by atoms with E-state index < -0.39 is 20.0 Å². The first-order valence-corrected chi connectivity index (χ1v) is 34.2. The molecule has 3 unspecified atom stereocenters. The monoisotopic (exact) mass is 1070 g/mol. The Labute approximate surface area is 462 Å². The third-order valence-electron chi connectivity index (χ3n) is 15.2. The Bertz CT molecular complexity index is 1260. The van der Waals surface area contributed by atoms with Crippen LogP contribution in [0.15, 0.2) is 24.3 Å². The van der Waals surface area contributed by atoms with Gasteiger partial charge >= 0.3 is 7.82 Å². The summed E-state index contributed by atoms with van der Waals surface area (Å²) in [7, 11) is 1.63. The van der Waals surface area contributed by atoms with E-state index in [1.807, 2.05) is 21.1 Å². The molecule has 3 atom stereocenters. The van der Waals surface area contributed by atoms with Crippen LogP contribution in [0.5, 0.6) is 0 Å². The zero-order valence-corrected chi connectivity index (χ0v) is 51.3. The molecule has 0 aliphatic carbocycles. The number of quaternary nitrogens is 1. The normalized spacial score (nSPS) is 13.9. The van der Waals surface area contributed by atoms with Crippen molar-refractivity contribution in [3.63, 3.8) is 0 Å². The lowest BCUT2D eigenvalue weighted by molar-refractivity contribution is -0.870. The first kappa shape index (κ1) is 73.0. The molecule has 0 bridgehead atoms. The van der Waals surface area contributed by atoms with Crippen LogP contribution in [-0.2, 0) is 18.4 Å². The lowest BCUT2D eigenvalue weighted by atomic mass is 10.0. The van der Waals surface area contributed by atoms with Gasteiger partial charge in [-0.25, -0.2) is 4.57 Å². The van der Waals surface area contributed by atoms with E-state index in [2.05, 4.69) is 43.5 Å². The van der Waals surface area contributed by atoms with Crippen molar-refractivity contribution in [1.82, 2.24) is 5.32 Å². The predicted octanol–water partition coefficient (Wildman–Crippen LogP) is 20.3. The number of aliphatic hydroxyl groups excluding tert-OH is 1. The Morgan fingerprint density at radius 1 is 0.459 bits per heavy atom. The largest absolute Gasteiger partial charge is 0.472 e. The van der Waals surface area contributed by atoms with Crippen molar-refractivity contribution in [2.75, 3.05) is 40.9 Å². The second-order valence-corrected chi connectivity index (χ2v) is 25.3. The number of phosphoric ester groups is 1. The molecule has 0 aromatic rings. The first-order valence-electron chi connectivity index (χ1n) is 32.7. The van der Waals surface area contributed by atoms with E-state index >= 15 is 0 Å². The van der Waals surface area contributed by atoms with E-state index in [-0.39, 0.29) is 19.1 Å². The second kappa shape index (κ2) is 56.7. The summed E-state index contributed by atoms with van der Waals surface area (Å²) >= 11 is 0. The topological polar surface area (TPSA) is 105 Å². The number of unbranched alkanes of at least 4 members (excludes halogenated alkanes) is 44. The Hall–Kier alpha value is -1.02. The molecule has 0 saturated heterocycles. The van der Waals surface area contributed by atoms with E-state index in [4.69, 9.17) is 9.05 Å². The smallest absolute Gasteiger partial charge is 0.391 e. The van der Waals surface area contributed by atoms with E-state index in [0.29, 0.717) is 23.9 Å². The Morgan fingerprint density at radius 2 is 0.770 bits per heavy atom. The van der Waals surface area contributed by atoms with Crippen LogP contribution in [0.4, 0.5) is 0 Å². The van der Waals surface area contributed by atoms with Crippen LogP contribution >= 0.6 is 7.82 Å². The van der Waals surface area contributed by atoms with Crippen LogP contribution in [0.3, 0.4) is 0 Å². The summed E-state index contributed by atoms with van der Waals surface area (Å²) in [5.41, 5.74) is 0. The molecule has 0 rings (SSSR count). The van der Waals surface area contributed by atoms with Gasteiger partial charge in [0.1, 0.15) is 13.2 Å². The molecule has 1 amide bonds. The minimum Gasteiger partial charge on any atom is -0.391 e. The number of likely N-dealkylation sites (N-methyl/N-ethyl adjacent to an activating group) is 1. The molecule has 0 aliphatic rings. The van der Waals surface area contributed by atoms with Gasteiger partial charge in [0.2, 0.25) is 5.91 Å². The van der Waals surface area contributed by atoms with Gasteiger partial charge in [0.05, 0.1) is 39.9 Å². The molecule has 440 valence electrons. The highest BCUT2D eigenvalue weighted by atomic mass is 31.2. The van der Waals surface area contributed by atoms with Gasteiger partial charge in [-0.2, -0.15) is 0 Å². The molecule has 0 aromatic heterocycles. The highest BCUT2D eigenvalue weighted by molar-refractivity contribution is 7.47. The van der Waals surface area contributed by atoms with Crippen LogP contribution < -0.4 is 5.32 Å². The summed E-state index contributed by atoms with van der Waals surface area (Å²) in [4.78, 5) is 23.4. The zero-order chi connectivity index (χ0) is 54.2. The van der Waals surface area contributed by atoms with Crippen LogP contribution in [0.2, 0.25) is 0 Å². The minimum absolute atomic E-state index is 0.0768. The number of phosphoric acid groups is 1.